The molecule has 4 nitrogen and oxygen atoms in total. The van der Waals surface area contributed by atoms with E-state index in [0.717, 1.165) is 34.4 Å². The number of nitrogens with one attached hydrogen (secondary N) is 1. The smallest absolute Gasteiger partial charge is 0.331 e. The van der Waals surface area contributed by atoms with E-state index in [2.05, 4.69) is 9.97 Å². The number of benzene rings is 2. The van der Waals surface area contributed by atoms with Gasteiger partial charge < -0.3 is 9.72 Å². The molecule has 1 aromatic heterocycles. The molecule has 0 bridgehead atoms. The summed E-state index contributed by atoms with van der Waals surface area (Å²) in [5, 5.41) is 0. The number of imidazole rings is 1. The van der Waals surface area contributed by atoms with Crippen LogP contribution in [0.4, 0.5) is 0 Å². The Morgan fingerprint density at radius 3 is 2.52 bits per heavy atom. The van der Waals surface area contributed by atoms with Gasteiger partial charge in [0.25, 0.3) is 0 Å². The van der Waals surface area contributed by atoms with Crippen molar-refractivity contribution >= 4 is 23.1 Å². The first-order chi connectivity index (χ1) is 11.9. The number of para-hydroxylation sites is 2. The van der Waals surface area contributed by atoms with Crippen molar-refractivity contribution in [2.24, 2.45) is 0 Å². The maximum atomic E-state index is 11.7. The number of H-pyrrole nitrogens is 1. The molecule has 2 aromatic carbocycles. The highest BCUT2D eigenvalue weighted by Gasteiger charge is 2.13. The summed E-state index contributed by atoms with van der Waals surface area (Å²) in [5.41, 5.74) is 3.68. The molecule has 0 radical (unpaired) electrons. The second kappa shape index (κ2) is 6.93. The van der Waals surface area contributed by atoms with Gasteiger partial charge in [-0.25, -0.2) is 9.78 Å². The predicted octanol–water partition coefficient (Wildman–Crippen LogP) is 4.51. The van der Waals surface area contributed by atoms with Gasteiger partial charge in [0.05, 0.1) is 11.0 Å². The number of esters is 1. The SMILES string of the molecule is CC(C)(C)OC(=O)/C=C/c1ccc(Cc2nc3ccccc3[nH]2)cc1. The van der Waals surface area contributed by atoms with Crippen molar-refractivity contribution in [2.75, 3.05) is 0 Å². The van der Waals surface area contributed by atoms with Gasteiger partial charge in [-0.05, 0) is 50.1 Å². The van der Waals surface area contributed by atoms with Gasteiger partial charge in [0, 0.05) is 12.5 Å². The van der Waals surface area contributed by atoms with Gasteiger partial charge in [0.2, 0.25) is 0 Å². The van der Waals surface area contributed by atoms with Crippen LogP contribution < -0.4 is 0 Å². The molecule has 3 rings (SSSR count). The molecule has 25 heavy (non-hydrogen) atoms. The maximum absolute atomic E-state index is 11.7. The molecule has 0 aliphatic rings. The Balaban J connectivity index is 1.65. The molecule has 0 aliphatic heterocycles. The number of hydrogen-bond donors (Lipinski definition) is 1. The topological polar surface area (TPSA) is 55.0 Å². The molecule has 0 unspecified atom stereocenters. The highest BCUT2D eigenvalue weighted by atomic mass is 16.6. The van der Waals surface area contributed by atoms with E-state index in [1.54, 1.807) is 6.08 Å². The quantitative estimate of drug-likeness (QED) is 0.564. The van der Waals surface area contributed by atoms with Crippen LogP contribution in [-0.2, 0) is 16.0 Å². The maximum Gasteiger partial charge on any atom is 0.331 e. The third-order valence-corrected chi connectivity index (χ3v) is 3.61. The Bertz CT molecular complexity index is 867. The van der Waals surface area contributed by atoms with E-state index in [0.29, 0.717) is 0 Å². The molecule has 1 N–H and O–H groups in total. The van der Waals surface area contributed by atoms with Crippen molar-refractivity contribution in [2.45, 2.75) is 32.8 Å². The average Bonchev–Trinajstić information content (AvgIpc) is 2.95. The summed E-state index contributed by atoms with van der Waals surface area (Å²) in [7, 11) is 0. The zero-order valence-corrected chi connectivity index (χ0v) is 14.7. The van der Waals surface area contributed by atoms with Gasteiger partial charge in [0.15, 0.2) is 0 Å². The Morgan fingerprint density at radius 2 is 1.84 bits per heavy atom. The van der Waals surface area contributed by atoms with Crippen molar-refractivity contribution in [1.82, 2.24) is 9.97 Å². The van der Waals surface area contributed by atoms with Crippen LogP contribution >= 0.6 is 0 Å². The van der Waals surface area contributed by atoms with Crippen LogP contribution in [0.3, 0.4) is 0 Å². The number of carbonyl (C=O) groups excluding carboxylic acids is 1. The third kappa shape index (κ3) is 4.80. The molecule has 0 amide bonds. The summed E-state index contributed by atoms with van der Waals surface area (Å²) < 4.78 is 5.25. The van der Waals surface area contributed by atoms with E-state index in [1.165, 1.54) is 6.08 Å². The first-order valence-electron chi connectivity index (χ1n) is 8.33. The van der Waals surface area contributed by atoms with Gasteiger partial charge in [-0.2, -0.15) is 0 Å². The minimum Gasteiger partial charge on any atom is -0.457 e. The Labute approximate surface area is 147 Å². The molecule has 0 aliphatic carbocycles. The molecule has 3 aromatic rings. The third-order valence-electron chi connectivity index (χ3n) is 3.61. The van der Waals surface area contributed by atoms with E-state index in [9.17, 15) is 4.79 Å². The van der Waals surface area contributed by atoms with E-state index in [4.69, 9.17) is 4.74 Å². The van der Waals surface area contributed by atoms with Crippen LogP contribution in [0.1, 0.15) is 37.7 Å². The van der Waals surface area contributed by atoms with Crippen molar-refractivity contribution in [3.8, 4) is 0 Å². The van der Waals surface area contributed by atoms with Gasteiger partial charge >= 0.3 is 5.97 Å². The number of aromatic nitrogens is 2. The van der Waals surface area contributed by atoms with E-state index in [-0.39, 0.29) is 5.97 Å². The van der Waals surface area contributed by atoms with Gasteiger partial charge in [0.1, 0.15) is 11.4 Å². The van der Waals surface area contributed by atoms with Crippen molar-refractivity contribution in [3.05, 3.63) is 71.6 Å². The molecule has 0 atom stereocenters. The molecule has 0 saturated carbocycles. The lowest BCUT2D eigenvalue weighted by molar-refractivity contribution is -0.148. The lowest BCUT2D eigenvalue weighted by Gasteiger charge is -2.17. The standard InChI is InChI=1S/C21H22N2O2/c1-21(2,3)25-20(24)13-12-15-8-10-16(11-9-15)14-19-22-17-6-4-5-7-18(17)23-19/h4-13H,14H2,1-3H3,(H,22,23)/b13-12+. The van der Waals surface area contributed by atoms with Crippen LogP contribution in [0, 0.1) is 0 Å². The molecule has 128 valence electrons. The van der Waals surface area contributed by atoms with Crippen LogP contribution in [0.25, 0.3) is 17.1 Å². The largest absolute Gasteiger partial charge is 0.457 e. The molecule has 0 saturated heterocycles. The minimum absolute atomic E-state index is 0.334. The second-order valence-corrected chi connectivity index (χ2v) is 6.99. The van der Waals surface area contributed by atoms with Crippen LogP contribution in [-0.4, -0.2) is 21.5 Å². The average molecular weight is 334 g/mol. The summed E-state index contributed by atoms with van der Waals surface area (Å²) in [5.74, 6) is 0.608. The number of carbonyl (C=O) groups is 1. The highest BCUT2D eigenvalue weighted by Crippen LogP contribution is 2.15. The fourth-order valence-electron chi connectivity index (χ4n) is 2.53. The zero-order valence-electron chi connectivity index (χ0n) is 14.7. The number of ether oxygens (including phenoxy) is 1. The van der Waals surface area contributed by atoms with Gasteiger partial charge in [-0.1, -0.05) is 36.4 Å². The Hall–Kier alpha value is -2.88. The van der Waals surface area contributed by atoms with Crippen molar-refractivity contribution < 1.29 is 9.53 Å². The number of aromatic amines is 1. The fraction of sp³-hybridized carbons (Fsp3) is 0.238. The zero-order chi connectivity index (χ0) is 17.9. The summed E-state index contributed by atoms with van der Waals surface area (Å²) >= 11 is 0. The molecule has 4 heteroatoms. The highest BCUT2D eigenvalue weighted by molar-refractivity contribution is 5.87. The molecule has 0 spiro atoms. The number of nitrogens with zero attached hydrogens (tertiary/aromatic N) is 1. The number of rotatable bonds is 4. The van der Waals surface area contributed by atoms with Crippen molar-refractivity contribution in [1.29, 1.82) is 0 Å². The molecule has 1 heterocycles. The van der Waals surface area contributed by atoms with Gasteiger partial charge in [-0.15, -0.1) is 0 Å². The summed E-state index contributed by atoms with van der Waals surface area (Å²) in [4.78, 5) is 19.6. The monoisotopic (exact) mass is 334 g/mol. The lowest BCUT2D eigenvalue weighted by atomic mass is 10.1. The van der Waals surface area contributed by atoms with E-state index >= 15 is 0 Å². The van der Waals surface area contributed by atoms with Gasteiger partial charge in [-0.3, -0.25) is 0 Å². The normalized spacial score (nSPS) is 12.0. The molecular formula is C21H22N2O2. The summed E-state index contributed by atoms with van der Waals surface area (Å²) in [6, 6.07) is 16.1. The Kier molecular flexibility index (Phi) is 4.70. The van der Waals surface area contributed by atoms with E-state index < -0.39 is 5.60 Å². The first kappa shape index (κ1) is 17.0. The first-order valence-corrected chi connectivity index (χ1v) is 8.33. The van der Waals surface area contributed by atoms with Crippen LogP contribution in [0.2, 0.25) is 0 Å². The molecular weight excluding hydrogens is 312 g/mol. The van der Waals surface area contributed by atoms with Crippen LogP contribution in [0.5, 0.6) is 0 Å². The summed E-state index contributed by atoms with van der Waals surface area (Å²) in [6.07, 6.45) is 3.96. The van der Waals surface area contributed by atoms with Crippen LogP contribution in [0.15, 0.2) is 54.6 Å². The second-order valence-electron chi connectivity index (χ2n) is 6.99. The Morgan fingerprint density at radius 1 is 1.12 bits per heavy atom. The van der Waals surface area contributed by atoms with E-state index in [1.807, 2.05) is 69.3 Å². The fourth-order valence-corrected chi connectivity index (χ4v) is 2.53. The predicted molar refractivity (Wildman–Crippen MR) is 100 cm³/mol. The summed E-state index contributed by atoms with van der Waals surface area (Å²) in [6.45, 7) is 5.56. The number of fused-ring (bicyclic) bond motifs is 1. The lowest BCUT2D eigenvalue weighted by Crippen LogP contribution is -2.22. The molecule has 0 fully saturated rings. The van der Waals surface area contributed by atoms with Crippen molar-refractivity contribution in [3.63, 3.8) is 0 Å². The minimum atomic E-state index is -0.474. The number of hydrogen-bond acceptors (Lipinski definition) is 3.